The SMILES string of the molecule is Cc1ccc2[nH]c3c(S(=O)(=O)O)c4c(=O)c5c(C)cccc5[nH]c4cc3c(=O)c2c1. The lowest BCUT2D eigenvalue weighted by Crippen LogP contribution is -2.15. The molecule has 5 rings (SSSR count). The first-order chi connectivity index (χ1) is 14.2. The van der Waals surface area contributed by atoms with Crippen molar-refractivity contribution < 1.29 is 13.0 Å². The molecule has 0 unspecified atom stereocenters. The third kappa shape index (κ3) is 2.51. The van der Waals surface area contributed by atoms with Crippen LogP contribution in [0, 0.1) is 13.8 Å². The predicted molar refractivity (Wildman–Crippen MR) is 117 cm³/mol. The van der Waals surface area contributed by atoms with Gasteiger partial charge in [0.1, 0.15) is 4.90 Å². The van der Waals surface area contributed by atoms with Crippen LogP contribution in [0.25, 0.3) is 43.6 Å². The van der Waals surface area contributed by atoms with Gasteiger partial charge < -0.3 is 9.97 Å². The largest absolute Gasteiger partial charge is 0.354 e. The van der Waals surface area contributed by atoms with Crippen LogP contribution in [0.5, 0.6) is 0 Å². The van der Waals surface area contributed by atoms with Crippen molar-refractivity contribution >= 4 is 53.7 Å². The standard InChI is InChI=1S/C22H16N2O5S/c1-10-6-7-14-12(8-10)20(25)13-9-16-18(22(19(13)24-14)30(27,28)29)21(26)17-11(2)4-3-5-15(17)23-16/h3-9H,1-2H3,(H,23,26)(H,24,25)(H,27,28,29). The van der Waals surface area contributed by atoms with Crippen LogP contribution in [0.3, 0.4) is 0 Å². The molecule has 0 fully saturated rings. The number of fused-ring (bicyclic) bond motifs is 4. The third-order valence-corrected chi connectivity index (χ3v) is 6.38. The maximum Gasteiger partial charge on any atom is 0.297 e. The second-order valence-corrected chi connectivity index (χ2v) is 8.84. The summed E-state index contributed by atoms with van der Waals surface area (Å²) in [6.45, 7) is 3.59. The van der Waals surface area contributed by atoms with Gasteiger partial charge in [0, 0.05) is 21.7 Å². The Morgan fingerprint density at radius 1 is 0.800 bits per heavy atom. The highest BCUT2D eigenvalue weighted by atomic mass is 32.2. The quantitative estimate of drug-likeness (QED) is 0.283. The first-order valence-electron chi connectivity index (χ1n) is 9.19. The highest BCUT2D eigenvalue weighted by molar-refractivity contribution is 7.86. The number of aromatic nitrogens is 2. The molecule has 0 atom stereocenters. The first-order valence-corrected chi connectivity index (χ1v) is 10.6. The van der Waals surface area contributed by atoms with E-state index in [0.29, 0.717) is 27.4 Å². The van der Waals surface area contributed by atoms with Gasteiger partial charge in [-0.1, -0.05) is 23.8 Å². The molecular weight excluding hydrogens is 404 g/mol. The minimum absolute atomic E-state index is 0.0656. The Morgan fingerprint density at radius 2 is 1.57 bits per heavy atom. The van der Waals surface area contributed by atoms with E-state index in [1.165, 1.54) is 6.07 Å². The van der Waals surface area contributed by atoms with E-state index in [-0.39, 0.29) is 27.2 Å². The molecule has 0 aliphatic heterocycles. The van der Waals surface area contributed by atoms with E-state index in [2.05, 4.69) is 9.97 Å². The number of rotatable bonds is 1. The Bertz CT molecular complexity index is 1780. The highest BCUT2D eigenvalue weighted by Crippen LogP contribution is 2.30. The van der Waals surface area contributed by atoms with Crippen molar-refractivity contribution in [3.8, 4) is 0 Å². The van der Waals surface area contributed by atoms with E-state index in [1.54, 1.807) is 43.3 Å². The van der Waals surface area contributed by atoms with Gasteiger partial charge in [-0.25, -0.2) is 0 Å². The van der Waals surface area contributed by atoms with Crippen LogP contribution in [0.1, 0.15) is 11.1 Å². The zero-order valence-corrected chi connectivity index (χ0v) is 16.8. The van der Waals surface area contributed by atoms with E-state index in [9.17, 15) is 22.6 Å². The molecule has 0 saturated carbocycles. The van der Waals surface area contributed by atoms with E-state index in [1.807, 2.05) is 6.92 Å². The van der Waals surface area contributed by atoms with E-state index in [4.69, 9.17) is 0 Å². The van der Waals surface area contributed by atoms with Crippen LogP contribution in [0.15, 0.2) is 56.9 Å². The van der Waals surface area contributed by atoms with E-state index >= 15 is 0 Å². The molecule has 2 heterocycles. The molecule has 2 aromatic heterocycles. The van der Waals surface area contributed by atoms with Crippen LogP contribution >= 0.6 is 0 Å². The van der Waals surface area contributed by atoms with Crippen molar-refractivity contribution in [2.24, 2.45) is 0 Å². The summed E-state index contributed by atoms with van der Waals surface area (Å²) in [6.07, 6.45) is 0. The van der Waals surface area contributed by atoms with Crippen molar-refractivity contribution in [1.82, 2.24) is 9.97 Å². The van der Waals surface area contributed by atoms with Gasteiger partial charge in [0.2, 0.25) is 0 Å². The van der Waals surface area contributed by atoms with Crippen LogP contribution in [0.2, 0.25) is 0 Å². The molecule has 3 aromatic carbocycles. The number of hydrogen-bond acceptors (Lipinski definition) is 4. The minimum Gasteiger partial charge on any atom is -0.354 e. The Kier molecular flexibility index (Phi) is 3.71. The molecule has 0 saturated heterocycles. The summed E-state index contributed by atoms with van der Waals surface area (Å²) in [4.78, 5) is 31.9. The monoisotopic (exact) mass is 420 g/mol. The van der Waals surface area contributed by atoms with Gasteiger partial charge in [0.15, 0.2) is 10.9 Å². The molecule has 8 heteroatoms. The van der Waals surface area contributed by atoms with Crippen molar-refractivity contribution in [3.63, 3.8) is 0 Å². The molecule has 0 amide bonds. The van der Waals surface area contributed by atoms with Gasteiger partial charge in [0.05, 0.1) is 21.9 Å². The van der Waals surface area contributed by atoms with Crippen LogP contribution < -0.4 is 10.9 Å². The summed E-state index contributed by atoms with van der Waals surface area (Å²) in [6, 6.07) is 11.8. The first kappa shape index (κ1) is 18.5. The summed E-state index contributed by atoms with van der Waals surface area (Å²) >= 11 is 0. The average molecular weight is 420 g/mol. The van der Waals surface area contributed by atoms with Gasteiger partial charge in [-0.3, -0.25) is 14.1 Å². The lowest BCUT2D eigenvalue weighted by atomic mass is 10.0. The van der Waals surface area contributed by atoms with Crippen molar-refractivity contribution in [2.75, 3.05) is 0 Å². The molecule has 0 radical (unpaired) electrons. The summed E-state index contributed by atoms with van der Waals surface area (Å²) in [5.41, 5.74) is 1.62. The van der Waals surface area contributed by atoms with Crippen LogP contribution in [-0.4, -0.2) is 22.9 Å². The molecule has 0 spiro atoms. The lowest BCUT2D eigenvalue weighted by molar-refractivity contribution is 0.485. The molecule has 5 aromatic rings. The maximum absolute atomic E-state index is 13.3. The molecule has 0 aliphatic carbocycles. The number of hydrogen-bond donors (Lipinski definition) is 3. The fourth-order valence-electron chi connectivity index (χ4n) is 4.12. The smallest absolute Gasteiger partial charge is 0.297 e. The minimum atomic E-state index is -4.84. The Hall–Kier alpha value is -3.49. The normalized spacial score (nSPS) is 12.4. The second-order valence-electron chi connectivity index (χ2n) is 7.48. The fourth-order valence-corrected chi connectivity index (χ4v) is 5.00. The number of benzene rings is 3. The van der Waals surface area contributed by atoms with Gasteiger partial charge in [-0.05, 0) is 43.7 Å². The summed E-state index contributed by atoms with van der Waals surface area (Å²) in [7, 11) is -4.84. The van der Waals surface area contributed by atoms with Crippen molar-refractivity contribution in [3.05, 3.63) is 74.0 Å². The van der Waals surface area contributed by atoms with Crippen molar-refractivity contribution in [2.45, 2.75) is 18.7 Å². The van der Waals surface area contributed by atoms with Crippen molar-refractivity contribution in [1.29, 1.82) is 0 Å². The molecule has 3 N–H and O–H groups in total. The maximum atomic E-state index is 13.3. The molecule has 0 bridgehead atoms. The Balaban J connectivity index is 2.17. The molecular formula is C22H16N2O5S. The topological polar surface area (TPSA) is 120 Å². The number of aryl methyl sites for hydroxylation is 2. The van der Waals surface area contributed by atoms with Crippen LogP contribution in [0.4, 0.5) is 0 Å². The second kappa shape index (κ2) is 6.01. The zero-order valence-electron chi connectivity index (χ0n) is 16.0. The summed E-state index contributed by atoms with van der Waals surface area (Å²) in [5, 5.41) is 0.597. The average Bonchev–Trinajstić information content (AvgIpc) is 2.67. The fraction of sp³-hybridized carbons (Fsp3) is 0.0909. The van der Waals surface area contributed by atoms with E-state index < -0.39 is 20.4 Å². The molecule has 150 valence electrons. The number of nitrogens with one attached hydrogen (secondary N) is 2. The Morgan fingerprint density at radius 3 is 2.30 bits per heavy atom. The predicted octanol–water partition coefficient (Wildman–Crippen LogP) is 3.54. The number of aromatic amines is 2. The van der Waals surface area contributed by atoms with E-state index in [0.717, 1.165) is 5.56 Å². The van der Waals surface area contributed by atoms with Gasteiger partial charge in [-0.2, -0.15) is 8.42 Å². The third-order valence-electron chi connectivity index (χ3n) is 5.46. The molecule has 7 nitrogen and oxygen atoms in total. The number of H-pyrrole nitrogens is 2. The summed E-state index contributed by atoms with van der Waals surface area (Å²) in [5.74, 6) is 0. The highest BCUT2D eigenvalue weighted by Gasteiger charge is 2.25. The van der Waals surface area contributed by atoms with Gasteiger partial charge in [0.25, 0.3) is 10.1 Å². The lowest BCUT2D eigenvalue weighted by Gasteiger charge is -2.12. The zero-order chi connectivity index (χ0) is 21.4. The van der Waals surface area contributed by atoms with Gasteiger partial charge >= 0.3 is 0 Å². The number of pyridine rings is 2. The molecule has 0 aliphatic rings. The molecule has 30 heavy (non-hydrogen) atoms. The van der Waals surface area contributed by atoms with Crippen LogP contribution in [-0.2, 0) is 10.1 Å². The Labute approximate surface area is 169 Å². The summed E-state index contributed by atoms with van der Waals surface area (Å²) < 4.78 is 34.9. The van der Waals surface area contributed by atoms with Gasteiger partial charge in [-0.15, -0.1) is 0 Å².